The summed E-state index contributed by atoms with van der Waals surface area (Å²) in [4.78, 5) is 23.9. The van der Waals surface area contributed by atoms with Crippen molar-refractivity contribution in [3.05, 3.63) is 53.8 Å². The van der Waals surface area contributed by atoms with Gasteiger partial charge in [-0.25, -0.2) is 4.39 Å². The molecule has 1 atom stereocenters. The van der Waals surface area contributed by atoms with Crippen LogP contribution in [-0.4, -0.2) is 17.9 Å². The van der Waals surface area contributed by atoms with Crippen LogP contribution in [0.2, 0.25) is 0 Å². The number of carbonyl (C=O) groups excluding carboxylic acids is 2. The van der Waals surface area contributed by atoms with Crippen LogP contribution in [0.5, 0.6) is 5.75 Å². The largest absolute Gasteiger partial charge is 0.479 e. The van der Waals surface area contributed by atoms with Gasteiger partial charge in [-0.1, -0.05) is 18.2 Å². The molecule has 1 unspecified atom stereocenters. The van der Waals surface area contributed by atoms with Crippen LogP contribution in [-0.2, 0) is 16.0 Å². The first-order valence-corrected chi connectivity index (χ1v) is 7.18. The van der Waals surface area contributed by atoms with Crippen molar-refractivity contribution in [1.29, 1.82) is 0 Å². The molecule has 1 aliphatic heterocycles. The lowest BCUT2D eigenvalue weighted by Gasteiger charge is -2.25. The van der Waals surface area contributed by atoms with Crippen molar-refractivity contribution in [3.8, 4) is 5.75 Å². The summed E-state index contributed by atoms with van der Waals surface area (Å²) >= 11 is 0. The van der Waals surface area contributed by atoms with Crippen LogP contribution < -0.4 is 15.4 Å². The van der Waals surface area contributed by atoms with Gasteiger partial charge in [0, 0.05) is 0 Å². The molecule has 0 radical (unpaired) electrons. The number of ether oxygens (including phenoxy) is 1. The number of nitrogens with one attached hydrogen (secondary N) is 2. The Morgan fingerprint density at radius 3 is 2.87 bits per heavy atom. The predicted octanol–water partition coefficient (Wildman–Crippen LogP) is 2.73. The smallest absolute Gasteiger partial charge is 0.265 e. The second-order valence-electron chi connectivity index (χ2n) is 5.28. The Bertz CT molecular complexity index is 776. The molecule has 1 aliphatic rings. The molecule has 0 saturated heterocycles. The van der Waals surface area contributed by atoms with E-state index >= 15 is 0 Å². The van der Waals surface area contributed by atoms with E-state index in [9.17, 15) is 14.0 Å². The normalized spacial score (nSPS) is 16.1. The van der Waals surface area contributed by atoms with Crippen molar-refractivity contribution in [2.75, 3.05) is 10.6 Å². The van der Waals surface area contributed by atoms with Gasteiger partial charge in [0.25, 0.3) is 5.91 Å². The van der Waals surface area contributed by atoms with Crippen molar-refractivity contribution in [1.82, 2.24) is 0 Å². The first-order chi connectivity index (χ1) is 11.0. The number of hydrogen-bond donors (Lipinski definition) is 2. The summed E-state index contributed by atoms with van der Waals surface area (Å²) in [6.07, 6.45) is -0.548. The van der Waals surface area contributed by atoms with Gasteiger partial charge in [0.15, 0.2) is 6.10 Å². The van der Waals surface area contributed by atoms with Gasteiger partial charge in [0.2, 0.25) is 5.91 Å². The second-order valence-corrected chi connectivity index (χ2v) is 5.28. The van der Waals surface area contributed by atoms with Gasteiger partial charge in [-0.2, -0.15) is 0 Å². The molecule has 0 fully saturated rings. The summed E-state index contributed by atoms with van der Waals surface area (Å²) < 4.78 is 18.6. The van der Waals surface area contributed by atoms with Gasteiger partial charge in [-0.15, -0.1) is 0 Å². The van der Waals surface area contributed by atoms with Gasteiger partial charge >= 0.3 is 0 Å². The lowest BCUT2D eigenvalue weighted by atomic mass is 10.1. The van der Waals surface area contributed by atoms with Gasteiger partial charge in [-0.05, 0) is 36.8 Å². The summed E-state index contributed by atoms with van der Waals surface area (Å²) in [5, 5.41) is 5.44. The molecule has 3 rings (SSSR count). The van der Waals surface area contributed by atoms with E-state index in [0.29, 0.717) is 22.7 Å². The number of benzene rings is 2. The molecule has 2 aromatic carbocycles. The molecule has 23 heavy (non-hydrogen) atoms. The van der Waals surface area contributed by atoms with E-state index < -0.39 is 6.10 Å². The molecule has 6 heteroatoms. The van der Waals surface area contributed by atoms with Crippen molar-refractivity contribution in [2.45, 2.75) is 19.4 Å². The average Bonchev–Trinajstić information content (AvgIpc) is 2.49. The van der Waals surface area contributed by atoms with E-state index in [4.69, 9.17) is 4.74 Å². The summed E-state index contributed by atoms with van der Waals surface area (Å²) in [5.74, 6) is -0.469. The molecule has 5 nitrogen and oxygen atoms in total. The Morgan fingerprint density at radius 2 is 2.09 bits per heavy atom. The van der Waals surface area contributed by atoms with E-state index in [1.165, 1.54) is 12.1 Å². The van der Waals surface area contributed by atoms with Crippen molar-refractivity contribution >= 4 is 23.2 Å². The van der Waals surface area contributed by atoms with Gasteiger partial charge in [0.05, 0.1) is 12.1 Å². The number of hydrogen-bond acceptors (Lipinski definition) is 3. The fourth-order valence-corrected chi connectivity index (χ4v) is 2.36. The van der Waals surface area contributed by atoms with Crippen LogP contribution >= 0.6 is 0 Å². The maximum absolute atomic E-state index is 13.2. The number of para-hydroxylation sites is 1. The summed E-state index contributed by atoms with van der Waals surface area (Å²) in [5.41, 5.74) is 1.45. The van der Waals surface area contributed by atoms with Gasteiger partial charge in [-0.3, -0.25) is 9.59 Å². The van der Waals surface area contributed by atoms with Crippen molar-refractivity contribution < 1.29 is 18.7 Å². The molecule has 2 N–H and O–H groups in total. The van der Waals surface area contributed by atoms with E-state index in [2.05, 4.69) is 10.6 Å². The highest BCUT2D eigenvalue weighted by atomic mass is 19.1. The maximum atomic E-state index is 13.2. The molecule has 0 saturated carbocycles. The third kappa shape index (κ3) is 3.31. The third-order valence-electron chi connectivity index (χ3n) is 3.48. The number of rotatable bonds is 3. The maximum Gasteiger partial charge on any atom is 0.265 e. The van der Waals surface area contributed by atoms with Crippen LogP contribution in [0.4, 0.5) is 15.8 Å². The molecule has 1 heterocycles. The fraction of sp³-hybridized carbons (Fsp3) is 0.176. The highest BCUT2D eigenvalue weighted by Gasteiger charge is 2.25. The van der Waals surface area contributed by atoms with E-state index in [-0.39, 0.29) is 24.1 Å². The van der Waals surface area contributed by atoms with Crippen LogP contribution in [0.3, 0.4) is 0 Å². The molecule has 2 amide bonds. The number of anilines is 2. The molecule has 0 aliphatic carbocycles. The standard InChI is InChI=1S/C17H15FN2O3/c1-10-17(22)20-16-13(6-3-7-14(16)23-10)19-15(21)9-11-4-2-5-12(18)8-11/h2-8,10H,9H2,1H3,(H,19,21)(H,20,22). The minimum absolute atomic E-state index is 0.0344. The fourth-order valence-electron chi connectivity index (χ4n) is 2.36. The number of amides is 2. The third-order valence-corrected chi connectivity index (χ3v) is 3.48. The molecule has 0 spiro atoms. The van der Waals surface area contributed by atoms with Crippen LogP contribution in [0.1, 0.15) is 12.5 Å². The van der Waals surface area contributed by atoms with Crippen LogP contribution in [0.15, 0.2) is 42.5 Å². The summed E-state index contributed by atoms with van der Waals surface area (Å²) in [6, 6.07) is 11.0. The number of halogens is 1. The predicted molar refractivity (Wildman–Crippen MR) is 83.9 cm³/mol. The average molecular weight is 314 g/mol. The lowest BCUT2D eigenvalue weighted by Crippen LogP contribution is -2.35. The zero-order valence-corrected chi connectivity index (χ0v) is 12.4. The molecule has 0 bridgehead atoms. The molecule has 2 aromatic rings. The number of carbonyl (C=O) groups is 2. The highest BCUT2D eigenvalue weighted by molar-refractivity contribution is 6.04. The van der Waals surface area contributed by atoms with Gasteiger partial charge < -0.3 is 15.4 Å². The van der Waals surface area contributed by atoms with Crippen molar-refractivity contribution in [3.63, 3.8) is 0 Å². The number of fused-ring (bicyclic) bond motifs is 1. The van der Waals surface area contributed by atoms with E-state index in [1.807, 2.05) is 0 Å². The lowest BCUT2D eigenvalue weighted by molar-refractivity contribution is -0.122. The zero-order chi connectivity index (χ0) is 16.4. The second kappa shape index (κ2) is 6.08. The Labute approximate surface area is 132 Å². The SMILES string of the molecule is CC1Oc2cccc(NC(=O)Cc3cccc(F)c3)c2NC1=O. The topological polar surface area (TPSA) is 67.4 Å². The Hall–Kier alpha value is -2.89. The monoisotopic (exact) mass is 314 g/mol. The molecule has 0 aromatic heterocycles. The summed E-state index contributed by atoms with van der Waals surface area (Å²) in [7, 11) is 0. The van der Waals surface area contributed by atoms with Crippen LogP contribution in [0.25, 0.3) is 0 Å². The first-order valence-electron chi connectivity index (χ1n) is 7.18. The van der Waals surface area contributed by atoms with Crippen molar-refractivity contribution in [2.24, 2.45) is 0 Å². The minimum atomic E-state index is -0.583. The quantitative estimate of drug-likeness (QED) is 0.915. The molecular formula is C17H15FN2O3. The zero-order valence-electron chi connectivity index (χ0n) is 12.4. The Balaban J connectivity index is 1.77. The Kier molecular flexibility index (Phi) is 3.97. The highest BCUT2D eigenvalue weighted by Crippen LogP contribution is 2.36. The van der Waals surface area contributed by atoms with Gasteiger partial charge in [0.1, 0.15) is 17.3 Å². The minimum Gasteiger partial charge on any atom is -0.479 e. The molecular weight excluding hydrogens is 299 g/mol. The van der Waals surface area contributed by atoms with E-state index in [0.717, 1.165) is 0 Å². The summed E-state index contributed by atoms with van der Waals surface area (Å²) in [6.45, 7) is 1.65. The Morgan fingerprint density at radius 1 is 1.30 bits per heavy atom. The van der Waals surface area contributed by atoms with E-state index in [1.54, 1.807) is 37.3 Å². The molecule has 118 valence electrons. The first kappa shape index (κ1) is 15.0. The van der Waals surface area contributed by atoms with Crippen LogP contribution in [0, 0.1) is 5.82 Å².